The Morgan fingerprint density at radius 3 is 3.06 bits per heavy atom. The number of rotatable bonds is 2. The van der Waals surface area contributed by atoms with Crippen molar-refractivity contribution in [2.24, 2.45) is 11.7 Å². The molecular formula is C11H15N3O2S. The standard InChI is InChI=1S/C11H15N3O2S/c1-7-5-9(16-13-7)11(15)14-4-2-3-8(6-14)10(12)17/h5,8H,2-4,6H2,1H3,(H2,12,17). The Labute approximate surface area is 105 Å². The Balaban J connectivity index is 2.07. The Kier molecular flexibility index (Phi) is 3.42. The van der Waals surface area contributed by atoms with Gasteiger partial charge in [-0.1, -0.05) is 17.4 Å². The van der Waals surface area contributed by atoms with E-state index in [-0.39, 0.29) is 17.6 Å². The molecule has 1 unspecified atom stereocenters. The van der Waals surface area contributed by atoms with Crippen LogP contribution in [0, 0.1) is 12.8 Å². The molecule has 1 aromatic heterocycles. The number of aromatic nitrogens is 1. The van der Waals surface area contributed by atoms with Crippen molar-refractivity contribution in [2.45, 2.75) is 19.8 Å². The Morgan fingerprint density at radius 2 is 2.47 bits per heavy atom. The molecule has 6 heteroatoms. The van der Waals surface area contributed by atoms with E-state index >= 15 is 0 Å². The van der Waals surface area contributed by atoms with Crippen LogP contribution in [0.3, 0.4) is 0 Å². The maximum atomic E-state index is 12.1. The lowest BCUT2D eigenvalue weighted by molar-refractivity contribution is 0.0661. The zero-order valence-corrected chi connectivity index (χ0v) is 10.5. The molecule has 1 aliphatic heterocycles. The van der Waals surface area contributed by atoms with Crippen LogP contribution in [-0.4, -0.2) is 34.0 Å². The number of amides is 1. The summed E-state index contributed by atoms with van der Waals surface area (Å²) in [5.41, 5.74) is 6.33. The molecule has 0 bridgehead atoms. The molecular weight excluding hydrogens is 238 g/mol. The lowest BCUT2D eigenvalue weighted by atomic mass is 9.98. The monoisotopic (exact) mass is 253 g/mol. The van der Waals surface area contributed by atoms with Crippen LogP contribution in [0.2, 0.25) is 0 Å². The minimum Gasteiger partial charge on any atom is -0.393 e. The van der Waals surface area contributed by atoms with Crippen molar-refractivity contribution in [3.63, 3.8) is 0 Å². The summed E-state index contributed by atoms with van der Waals surface area (Å²) >= 11 is 4.98. The van der Waals surface area contributed by atoms with Gasteiger partial charge in [-0.3, -0.25) is 4.79 Å². The highest BCUT2D eigenvalue weighted by Crippen LogP contribution is 2.19. The van der Waals surface area contributed by atoms with E-state index in [0.717, 1.165) is 19.4 Å². The molecule has 1 aliphatic rings. The summed E-state index contributed by atoms with van der Waals surface area (Å²) in [6.45, 7) is 3.08. The van der Waals surface area contributed by atoms with Crippen molar-refractivity contribution >= 4 is 23.1 Å². The molecule has 92 valence electrons. The molecule has 1 saturated heterocycles. The van der Waals surface area contributed by atoms with Crippen molar-refractivity contribution in [3.05, 3.63) is 17.5 Å². The highest BCUT2D eigenvalue weighted by atomic mass is 32.1. The third-order valence-corrected chi connectivity index (χ3v) is 3.28. The number of carbonyl (C=O) groups is 1. The number of nitrogens with two attached hydrogens (primary N) is 1. The molecule has 0 aromatic carbocycles. The van der Waals surface area contributed by atoms with Gasteiger partial charge in [-0.15, -0.1) is 0 Å². The molecule has 1 amide bonds. The zero-order valence-electron chi connectivity index (χ0n) is 9.68. The first-order valence-electron chi connectivity index (χ1n) is 5.60. The summed E-state index contributed by atoms with van der Waals surface area (Å²) in [7, 11) is 0. The lowest BCUT2D eigenvalue weighted by Crippen LogP contribution is -2.43. The highest BCUT2D eigenvalue weighted by Gasteiger charge is 2.27. The summed E-state index contributed by atoms with van der Waals surface area (Å²) in [6.07, 6.45) is 1.87. The second kappa shape index (κ2) is 4.83. The molecule has 1 fully saturated rings. The fourth-order valence-corrected chi connectivity index (χ4v) is 2.21. The van der Waals surface area contributed by atoms with E-state index in [9.17, 15) is 4.79 Å². The SMILES string of the molecule is Cc1cc(C(=O)N2CCCC(C(N)=S)C2)on1. The fourth-order valence-electron chi connectivity index (χ4n) is 2.01. The van der Waals surface area contributed by atoms with E-state index in [1.165, 1.54) is 0 Å². The van der Waals surface area contributed by atoms with Crippen molar-refractivity contribution < 1.29 is 9.32 Å². The van der Waals surface area contributed by atoms with Gasteiger partial charge in [0.05, 0.1) is 10.7 Å². The molecule has 1 atom stereocenters. The Bertz CT molecular complexity index is 444. The average molecular weight is 253 g/mol. The Hall–Kier alpha value is -1.43. The predicted octanol–water partition coefficient (Wildman–Crippen LogP) is 1.12. The maximum absolute atomic E-state index is 12.1. The van der Waals surface area contributed by atoms with Crippen LogP contribution in [0.1, 0.15) is 29.1 Å². The predicted molar refractivity (Wildman–Crippen MR) is 66.7 cm³/mol. The lowest BCUT2D eigenvalue weighted by Gasteiger charge is -2.31. The molecule has 1 aromatic rings. The number of likely N-dealkylation sites (tertiary alicyclic amines) is 1. The number of piperidine rings is 1. The molecule has 0 saturated carbocycles. The van der Waals surface area contributed by atoms with E-state index in [1.807, 2.05) is 0 Å². The summed E-state index contributed by atoms with van der Waals surface area (Å²) in [6, 6.07) is 1.65. The van der Waals surface area contributed by atoms with Gasteiger partial charge < -0.3 is 15.2 Å². The van der Waals surface area contributed by atoms with Crippen molar-refractivity contribution in [3.8, 4) is 0 Å². The third-order valence-electron chi connectivity index (χ3n) is 2.95. The van der Waals surface area contributed by atoms with Crippen LogP contribution in [0.4, 0.5) is 0 Å². The first-order chi connectivity index (χ1) is 8.08. The summed E-state index contributed by atoms with van der Waals surface area (Å²) in [5.74, 6) is 0.268. The second-order valence-corrected chi connectivity index (χ2v) is 4.80. The van der Waals surface area contributed by atoms with E-state index in [4.69, 9.17) is 22.5 Å². The largest absolute Gasteiger partial charge is 0.393 e. The number of aryl methyl sites for hydroxylation is 1. The molecule has 0 radical (unpaired) electrons. The number of carbonyl (C=O) groups excluding carboxylic acids is 1. The van der Waals surface area contributed by atoms with Crippen LogP contribution < -0.4 is 5.73 Å². The van der Waals surface area contributed by atoms with Gasteiger partial charge in [-0.25, -0.2) is 0 Å². The Morgan fingerprint density at radius 1 is 1.71 bits per heavy atom. The molecule has 5 nitrogen and oxygen atoms in total. The average Bonchev–Trinajstić information content (AvgIpc) is 2.75. The van der Waals surface area contributed by atoms with Gasteiger partial charge in [0.25, 0.3) is 5.91 Å². The van der Waals surface area contributed by atoms with E-state index in [1.54, 1.807) is 17.9 Å². The maximum Gasteiger partial charge on any atom is 0.292 e. The highest BCUT2D eigenvalue weighted by molar-refractivity contribution is 7.80. The van der Waals surface area contributed by atoms with E-state index < -0.39 is 0 Å². The normalized spacial score (nSPS) is 20.3. The first-order valence-corrected chi connectivity index (χ1v) is 6.00. The van der Waals surface area contributed by atoms with E-state index in [2.05, 4.69) is 5.16 Å². The smallest absolute Gasteiger partial charge is 0.292 e. The van der Waals surface area contributed by atoms with Gasteiger partial charge in [-0.05, 0) is 19.8 Å². The van der Waals surface area contributed by atoms with E-state index in [0.29, 0.717) is 17.2 Å². The summed E-state index contributed by atoms with van der Waals surface area (Å²) in [5, 5.41) is 3.71. The van der Waals surface area contributed by atoms with Crippen LogP contribution in [0.15, 0.2) is 10.6 Å². The van der Waals surface area contributed by atoms with Gasteiger partial charge in [0.2, 0.25) is 5.76 Å². The third kappa shape index (κ3) is 2.63. The molecule has 0 spiro atoms. The van der Waals surface area contributed by atoms with Gasteiger partial charge >= 0.3 is 0 Å². The molecule has 17 heavy (non-hydrogen) atoms. The first kappa shape index (κ1) is 12.0. The minimum atomic E-state index is -0.133. The summed E-state index contributed by atoms with van der Waals surface area (Å²) < 4.78 is 4.97. The molecule has 2 heterocycles. The van der Waals surface area contributed by atoms with Crippen molar-refractivity contribution in [1.29, 1.82) is 0 Å². The molecule has 0 aliphatic carbocycles. The topological polar surface area (TPSA) is 72.4 Å². The van der Waals surface area contributed by atoms with Crippen LogP contribution in [0.25, 0.3) is 0 Å². The molecule has 2 N–H and O–H groups in total. The quantitative estimate of drug-likeness (QED) is 0.800. The number of thiocarbonyl (C=S) groups is 1. The number of nitrogens with zero attached hydrogens (tertiary/aromatic N) is 2. The van der Waals surface area contributed by atoms with Crippen molar-refractivity contribution in [2.75, 3.05) is 13.1 Å². The second-order valence-electron chi connectivity index (χ2n) is 4.33. The van der Waals surface area contributed by atoms with Crippen LogP contribution in [-0.2, 0) is 0 Å². The van der Waals surface area contributed by atoms with Crippen molar-refractivity contribution in [1.82, 2.24) is 10.1 Å². The van der Waals surface area contributed by atoms with Crippen LogP contribution >= 0.6 is 12.2 Å². The van der Waals surface area contributed by atoms with Gasteiger partial charge in [0.1, 0.15) is 0 Å². The minimum absolute atomic E-state index is 0.117. The van der Waals surface area contributed by atoms with Gasteiger partial charge in [0.15, 0.2) is 0 Å². The summed E-state index contributed by atoms with van der Waals surface area (Å²) in [4.78, 5) is 14.3. The number of hydrogen-bond acceptors (Lipinski definition) is 4. The molecule has 2 rings (SSSR count). The fraction of sp³-hybridized carbons (Fsp3) is 0.545. The van der Waals surface area contributed by atoms with Gasteiger partial charge in [0, 0.05) is 25.1 Å². The zero-order chi connectivity index (χ0) is 12.4. The van der Waals surface area contributed by atoms with Crippen LogP contribution in [0.5, 0.6) is 0 Å². The van der Waals surface area contributed by atoms with Gasteiger partial charge in [-0.2, -0.15) is 0 Å². The number of hydrogen-bond donors (Lipinski definition) is 1.